The summed E-state index contributed by atoms with van der Waals surface area (Å²) in [5.41, 5.74) is 0.832. The molecule has 1 heterocycles. The van der Waals surface area contributed by atoms with Gasteiger partial charge in [0.05, 0.1) is 38.4 Å². The monoisotopic (exact) mass is 414 g/mol. The Morgan fingerprint density at radius 3 is 2.27 bits per heavy atom. The first-order chi connectivity index (χ1) is 14.3. The van der Waals surface area contributed by atoms with Gasteiger partial charge in [-0.3, -0.25) is 0 Å². The summed E-state index contributed by atoms with van der Waals surface area (Å²) in [4.78, 5) is 25.3. The summed E-state index contributed by atoms with van der Waals surface area (Å²) in [6.45, 7) is 0. The molecule has 0 radical (unpaired) electrons. The molecule has 156 valence electrons. The van der Waals surface area contributed by atoms with Gasteiger partial charge in [-0.1, -0.05) is 0 Å². The number of carbonyl (C=O) groups excluding carboxylic acids is 2. The number of aliphatic hydroxyl groups is 1. The number of ether oxygens (including phenoxy) is 4. The highest BCUT2D eigenvalue weighted by Gasteiger charge is 2.48. The van der Waals surface area contributed by atoms with E-state index in [4.69, 9.17) is 18.9 Å². The Kier molecular flexibility index (Phi) is 4.45. The van der Waals surface area contributed by atoms with Crippen LogP contribution >= 0.6 is 0 Å². The summed E-state index contributed by atoms with van der Waals surface area (Å²) < 4.78 is 21.0. The van der Waals surface area contributed by atoms with Crippen LogP contribution < -0.4 is 4.74 Å². The van der Waals surface area contributed by atoms with Crippen molar-refractivity contribution in [2.75, 3.05) is 21.3 Å². The number of rotatable bonds is 3. The number of benzene rings is 1. The molecule has 3 aliphatic rings. The third-order valence-electron chi connectivity index (χ3n) is 5.28. The van der Waals surface area contributed by atoms with Crippen LogP contribution in [0.1, 0.15) is 5.56 Å². The largest absolute Gasteiger partial charge is 0.508 e. The van der Waals surface area contributed by atoms with Crippen LogP contribution in [0.5, 0.6) is 17.2 Å². The number of phenols is 2. The van der Waals surface area contributed by atoms with Gasteiger partial charge in [0.2, 0.25) is 0 Å². The van der Waals surface area contributed by atoms with Crippen molar-refractivity contribution in [3.8, 4) is 17.2 Å². The van der Waals surface area contributed by atoms with Crippen LogP contribution in [0.15, 0.2) is 52.5 Å². The van der Waals surface area contributed by atoms with Crippen molar-refractivity contribution in [3.05, 3.63) is 58.1 Å². The molecular weight excluding hydrogens is 396 g/mol. The molecule has 0 aromatic heterocycles. The first kappa shape index (κ1) is 19.4. The fraction of sp³-hybridized carbons (Fsp3) is 0.238. The number of esters is 2. The molecule has 3 N–H and O–H groups in total. The molecule has 1 aromatic carbocycles. The van der Waals surface area contributed by atoms with E-state index < -0.39 is 35.5 Å². The van der Waals surface area contributed by atoms with Crippen LogP contribution in [-0.2, 0) is 23.8 Å². The summed E-state index contributed by atoms with van der Waals surface area (Å²) in [7, 11) is 3.75. The topological polar surface area (TPSA) is 132 Å². The molecule has 0 saturated carbocycles. The molecule has 1 aromatic rings. The number of hydrogen-bond donors (Lipinski definition) is 3. The van der Waals surface area contributed by atoms with E-state index in [1.54, 1.807) is 0 Å². The summed E-state index contributed by atoms with van der Waals surface area (Å²) in [6.07, 6.45) is 1.84. The Balaban J connectivity index is 2.14. The van der Waals surface area contributed by atoms with Gasteiger partial charge < -0.3 is 34.3 Å². The second-order valence-electron chi connectivity index (χ2n) is 6.78. The van der Waals surface area contributed by atoms with Crippen LogP contribution in [0.3, 0.4) is 0 Å². The number of methoxy groups -OCH3 is 3. The second-order valence-corrected chi connectivity index (χ2v) is 6.78. The Hall–Kier alpha value is -3.88. The third-order valence-corrected chi connectivity index (χ3v) is 5.28. The molecule has 0 bridgehead atoms. The van der Waals surface area contributed by atoms with E-state index in [0.29, 0.717) is 5.57 Å². The van der Waals surface area contributed by atoms with Gasteiger partial charge in [0.25, 0.3) is 0 Å². The Morgan fingerprint density at radius 2 is 1.63 bits per heavy atom. The average molecular weight is 414 g/mol. The smallest absolute Gasteiger partial charge is 0.339 e. The lowest BCUT2D eigenvalue weighted by molar-refractivity contribution is -0.139. The van der Waals surface area contributed by atoms with E-state index in [2.05, 4.69) is 0 Å². The minimum Gasteiger partial charge on any atom is -0.508 e. The van der Waals surface area contributed by atoms with Gasteiger partial charge >= 0.3 is 11.9 Å². The molecule has 9 nitrogen and oxygen atoms in total. The van der Waals surface area contributed by atoms with Gasteiger partial charge in [-0.2, -0.15) is 0 Å². The van der Waals surface area contributed by atoms with Crippen molar-refractivity contribution >= 4 is 17.5 Å². The number of carbonyl (C=O) groups is 2. The Labute approximate surface area is 170 Å². The van der Waals surface area contributed by atoms with E-state index in [1.807, 2.05) is 0 Å². The average Bonchev–Trinajstić information content (AvgIpc) is 2.75. The predicted octanol–water partition coefficient (Wildman–Crippen LogP) is 1.87. The number of allylic oxidation sites excluding steroid dienone is 2. The number of phenolic OH excluding ortho intramolecular Hbond substituents is 2. The van der Waals surface area contributed by atoms with Gasteiger partial charge in [0.1, 0.15) is 17.3 Å². The Morgan fingerprint density at radius 1 is 0.967 bits per heavy atom. The number of fused-ring (bicyclic) bond motifs is 2. The maximum atomic E-state index is 12.8. The molecule has 0 amide bonds. The number of aliphatic hydroxyl groups excluding tert-OH is 1. The lowest BCUT2D eigenvalue weighted by atomic mass is 9.70. The maximum Gasteiger partial charge on any atom is 0.339 e. The van der Waals surface area contributed by atoms with E-state index >= 15 is 0 Å². The van der Waals surface area contributed by atoms with Crippen LogP contribution in [0.2, 0.25) is 0 Å². The summed E-state index contributed by atoms with van der Waals surface area (Å²) in [5.74, 6) is -3.03. The zero-order valence-electron chi connectivity index (χ0n) is 16.3. The molecular formula is C21H18O9. The predicted molar refractivity (Wildman–Crippen MR) is 101 cm³/mol. The third kappa shape index (κ3) is 2.62. The number of hydrogen-bond acceptors (Lipinski definition) is 9. The van der Waals surface area contributed by atoms with Crippen LogP contribution in [0.25, 0.3) is 5.57 Å². The molecule has 9 heteroatoms. The highest BCUT2D eigenvalue weighted by Crippen LogP contribution is 2.54. The van der Waals surface area contributed by atoms with E-state index in [0.717, 1.165) is 0 Å². The van der Waals surface area contributed by atoms with Crippen LogP contribution in [0.4, 0.5) is 0 Å². The van der Waals surface area contributed by atoms with E-state index in [1.165, 1.54) is 45.6 Å². The van der Waals surface area contributed by atoms with Crippen molar-refractivity contribution in [2.45, 2.75) is 6.10 Å². The SMILES string of the molecule is COC(=O)C1=CC2=C(OC)C=C(O)C3Oc4cc(O)c(O)cc4C(=C1C(=O)OC)C23. The number of aromatic hydroxyl groups is 2. The highest BCUT2D eigenvalue weighted by atomic mass is 16.5. The standard InChI is InChI=1S/C21H18O9/c1-27-14-7-13(24)19-17-8(14)4-10(20(25)28-2)18(21(26)29-3)16(17)9-5-11(22)12(23)6-15(9)30-19/h4-7,17,19,22-24H,1-3H3. The molecule has 0 saturated heterocycles. The first-order valence-corrected chi connectivity index (χ1v) is 8.86. The lowest BCUT2D eigenvalue weighted by Gasteiger charge is -2.41. The molecule has 4 rings (SSSR count). The molecule has 0 fully saturated rings. The summed E-state index contributed by atoms with van der Waals surface area (Å²) in [6, 6.07) is 2.39. The zero-order valence-corrected chi connectivity index (χ0v) is 16.3. The normalized spacial score (nSPS) is 21.6. The quantitative estimate of drug-likeness (QED) is 0.501. The van der Waals surface area contributed by atoms with Gasteiger partial charge in [-0.15, -0.1) is 0 Å². The van der Waals surface area contributed by atoms with Crippen molar-refractivity contribution < 1.29 is 43.9 Å². The zero-order chi connectivity index (χ0) is 21.7. The molecule has 0 spiro atoms. The minimum absolute atomic E-state index is 0.0749. The van der Waals surface area contributed by atoms with E-state index in [-0.39, 0.29) is 39.6 Å². The lowest BCUT2D eigenvalue weighted by Crippen LogP contribution is -2.40. The molecule has 1 aliphatic heterocycles. The van der Waals surface area contributed by atoms with Crippen molar-refractivity contribution in [1.82, 2.24) is 0 Å². The fourth-order valence-electron chi connectivity index (χ4n) is 3.99. The van der Waals surface area contributed by atoms with Crippen molar-refractivity contribution in [3.63, 3.8) is 0 Å². The van der Waals surface area contributed by atoms with E-state index in [9.17, 15) is 24.9 Å². The Bertz CT molecular complexity index is 1100. The van der Waals surface area contributed by atoms with Gasteiger partial charge in [-0.05, 0) is 17.7 Å². The van der Waals surface area contributed by atoms with Crippen LogP contribution in [0, 0.1) is 5.92 Å². The summed E-state index contributed by atoms with van der Waals surface area (Å²) in [5, 5.41) is 30.6. The molecule has 2 atom stereocenters. The van der Waals surface area contributed by atoms with Gasteiger partial charge in [-0.25, -0.2) is 9.59 Å². The highest BCUT2D eigenvalue weighted by molar-refractivity contribution is 6.14. The molecule has 2 aliphatic carbocycles. The second kappa shape index (κ2) is 6.87. The first-order valence-electron chi connectivity index (χ1n) is 8.86. The van der Waals surface area contributed by atoms with Crippen LogP contribution in [-0.4, -0.2) is 54.7 Å². The van der Waals surface area contributed by atoms with Gasteiger partial charge in [0, 0.05) is 23.3 Å². The fourth-order valence-corrected chi connectivity index (χ4v) is 3.99. The maximum absolute atomic E-state index is 12.8. The molecule has 30 heavy (non-hydrogen) atoms. The van der Waals surface area contributed by atoms with Crippen molar-refractivity contribution in [2.24, 2.45) is 5.92 Å². The van der Waals surface area contributed by atoms with Gasteiger partial charge in [0.15, 0.2) is 17.6 Å². The summed E-state index contributed by atoms with van der Waals surface area (Å²) >= 11 is 0. The molecule has 2 unspecified atom stereocenters. The minimum atomic E-state index is -0.958. The van der Waals surface area contributed by atoms with Crippen molar-refractivity contribution in [1.29, 1.82) is 0 Å².